The monoisotopic (exact) mass is 368 g/mol. The number of ether oxygens (including phenoxy) is 1. The van der Waals surface area contributed by atoms with E-state index in [1.807, 2.05) is 13.8 Å². The van der Waals surface area contributed by atoms with Crippen molar-refractivity contribution in [3.63, 3.8) is 0 Å². The molecule has 8 heteroatoms. The van der Waals surface area contributed by atoms with Crippen LogP contribution in [0.25, 0.3) is 0 Å². The van der Waals surface area contributed by atoms with Crippen LogP contribution in [0.2, 0.25) is 0 Å². The Morgan fingerprint density at radius 2 is 1.88 bits per heavy atom. The molecule has 0 radical (unpaired) electrons. The predicted octanol–water partition coefficient (Wildman–Crippen LogP) is 3.95. The van der Waals surface area contributed by atoms with Gasteiger partial charge in [0.2, 0.25) is 5.91 Å². The van der Waals surface area contributed by atoms with Crippen molar-refractivity contribution in [3.05, 3.63) is 29.8 Å². The minimum atomic E-state index is -4.75. The normalized spacial score (nSPS) is 13.0. The molecule has 0 bridgehead atoms. The van der Waals surface area contributed by atoms with Crippen molar-refractivity contribution in [1.82, 2.24) is 5.32 Å². The van der Waals surface area contributed by atoms with E-state index in [4.69, 9.17) is 5.73 Å². The topological polar surface area (TPSA) is 64.4 Å². The van der Waals surface area contributed by atoms with Gasteiger partial charge in [-0.1, -0.05) is 26.0 Å². The lowest BCUT2D eigenvalue weighted by Crippen LogP contribution is -2.46. The van der Waals surface area contributed by atoms with E-state index in [9.17, 15) is 18.0 Å². The van der Waals surface area contributed by atoms with Gasteiger partial charge >= 0.3 is 6.36 Å². The first-order valence-electron chi connectivity index (χ1n) is 7.54. The van der Waals surface area contributed by atoms with Gasteiger partial charge in [0, 0.05) is 6.54 Å². The average Bonchev–Trinajstić information content (AvgIpc) is 2.48. The summed E-state index contributed by atoms with van der Waals surface area (Å²) in [5.74, 6) is -0.508. The van der Waals surface area contributed by atoms with Crippen LogP contribution >= 0.6 is 12.4 Å². The summed E-state index contributed by atoms with van der Waals surface area (Å²) >= 11 is 0. The smallest absolute Gasteiger partial charge is 0.406 e. The van der Waals surface area contributed by atoms with E-state index in [0.29, 0.717) is 18.4 Å². The Bertz CT molecular complexity index is 526. The molecule has 24 heavy (non-hydrogen) atoms. The van der Waals surface area contributed by atoms with Gasteiger partial charge in [0.1, 0.15) is 5.75 Å². The second kappa shape index (κ2) is 9.13. The molecular weight excluding hydrogens is 345 g/mol. The number of halogens is 4. The molecule has 1 atom stereocenters. The zero-order valence-electron chi connectivity index (χ0n) is 13.9. The molecule has 138 valence electrons. The van der Waals surface area contributed by atoms with E-state index in [1.54, 1.807) is 13.0 Å². The Morgan fingerprint density at radius 1 is 1.29 bits per heavy atom. The third-order valence-corrected chi connectivity index (χ3v) is 4.17. The minimum absolute atomic E-state index is 0. The van der Waals surface area contributed by atoms with Gasteiger partial charge in [-0.25, -0.2) is 0 Å². The highest BCUT2D eigenvalue weighted by Crippen LogP contribution is 2.28. The van der Waals surface area contributed by atoms with Gasteiger partial charge in [-0.15, -0.1) is 25.6 Å². The van der Waals surface area contributed by atoms with E-state index in [0.717, 1.165) is 0 Å². The number of hydrogen-bond acceptors (Lipinski definition) is 3. The van der Waals surface area contributed by atoms with Gasteiger partial charge in [0.05, 0.1) is 11.5 Å². The number of hydrogen-bond donors (Lipinski definition) is 2. The molecule has 1 aromatic carbocycles. The molecule has 1 rings (SSSR count). The lowest BCUT2D eigenvalue weighted by molar-refractivity contribution is -0.274. The highest BCUT2D eigenvalue weighted by atomic mass is 35.5. The summed E-state index contributed by atoms with van der Waals surface area (Å²) in [6.45, 7) is 5.70. The lowest BCUT2D eigenvalue weighted by Gasteiger charge is -2.30. The van der Waals surface area contributed by atoms with Crippen molar-refractivity contribution in [2.45, 2.75) is 46.0 Å². The SMILES string of the molecule is CCC(CC)(CN)C(=O)NC(C)c1cccc(OC(F)(F)F)c1.Cl. The van der Waals surface area contributed by atoms with E-state index in [1.165, 1.54) is 18.2 Å². The van der Waals surface area contributed by atoms with Crippen molar-refractivity contribution in [2.75, 3.05) is 6.54 Å². The van der Waals surface area contributed by atoms with Crippen LogP contribution in [-0.4, -0.2) is 18.8 Å². The number of nitrogens with one attached hydrogen (secondary N) is 1. The fourth-order valence-corrected chi connectivity index (χ4v) is 2.37. The summed E-state index contributed by atoms with van der Waals surface area (Å²) < 4.78 is 40.7. The van der Waals surface area contributed by atoms with Crippen LogP contribution in [-0.2, 0) is 4.79 Å². The van der Waals surface area contributed by atoms with Crippen molar-refractivity contribution < 1.29 is 22.7 Å². The molecule has 0 aliphatic carbocycles. The third kappa shape index (κ3) is 5.87. The predicted molar refractivity (Wildman–Crippen MR) is 89.0 cm³/mol. The van der Waals surface area contributed by atoms with Crippen molar-refractivity contribution in [3.8, 4) is 5.75 Å². The summed E-state index contributed by atoms with van der Waals surface area (Å²) in [6.07, 6.45) is -3.56. The van der Waals surface area contributed by atoms with Gasteiger partial charge < -0.3 is 15.8 Å². The highest BCUT2D eigenvalue weighted by molar-refractivity contribution is 5.85. The summed E-state index contributed by atoms with van der Waals surface area (Å²) in [7, 11) is 0. The Balaban J connectivity index is 0.00000529. The fourth-order valence-electron chi connectivity index (χ4n) is 2.37. The Labute approximate surface area is 146 Å². The minimum Gasteiger partial charge on any atom is -0.406 e. The summed E-state index contributed by atoms with van der Waals surface area (Å²) in [4.78, 5) is 12.5. The van der Waals surface area contributed by atoms with E-state index >= 15 is 0 Å². The van der Waals surface area contributed by atoms with Crippen LogP contribution in [0.4, 0.5) is 13.2 Å². The van der Waals surface area contributed by atoms with E-state index < -0.39 is 17.8 Å². The van der Waals surface area contributed by atoms with Gasteiger partial charge in [0.25, 0.3) is 0 Å². The largest absolute Gasteiger partial charge is 0.573 e. The zero-order chi connectivity index (χ0) is 17.7. The molecule has 3 N–H and O–H groups in total. The molecule has 0 aliphatic heterocycles. The number of rotatable bonds is 7. The van der Waals surface area contributed by atoms with Gasteiger partial charge in [-0.3, -0.25) is 4.79 Å². The molecule has 1 amide bonds. The molecule has 0 heterocycles. The first-order valence-corrected chi connectivity index (χ1v) is 7.54. The lowest BCUT2D eigenvalue weighted by atomic mass is 9.81. The Morgan fingerprint density at radius 3 is 2.33 bits per heavy atom. The molecule has 0 saturated carbocycles. The first kappa shape index (κ1) is 22.5. The maximum atomic E-state index is 12.5. The molecule has 4 nitrogen and oxygen atoms in total. The first-order chi connectivity index (χ1) is 10.7. The molecule has 0 aromatic heterocycles. The number of alkyl halides is 3. The third-order valence-electron chi connectivity index (χ3n) is 4.17. The van der Waals surface area contributed by atoms with E-state index in [2.05, 4.69) is 10.1 Å². The number of carbonyl (C=O) groups excluding carboxylic acids is 1. The summed E-state index contributed by atoms with van der Waals surface area (Å²) in [5, 5.41) is 2.82. The van der Waals surface area contributed by atoms with Crippen molar-refractivity contribution in [2.24, 2.45) is 11.1 Å². The molecule has 0 saturated heterocycles. The van der Waals surface area contributed by atoms with Crippen LogP contribution in [0.15, 0.2) is 24.3 Å². The van der Waals surface area contributed by atoms with Crippen molar-refractivity contribution >= 4 is 18.3 Å². The van der Waals surface area contributed by atoms with Crippen LogP contribution < -0.4 is 15.8 Å². The molecule has 0 fully saturated rings. The van der Waals surface area contributed by atoms with Crippen LogP contribution in [0.5, 0.6) is 5.75 Å². The Hall–Kier alpha value is -1.47. The van der Waals surface area contributed by atoms with Gasteiger partial charge in [0.15, 0.2) is 0 Å². The van der Waals surface area contributed by atoms with Gasteiger partial charge in [-0.2, -0.15) is 0 Å². The number of benzene rings is 1. The van der Waals surface area contributed by atoms with E-state index in [-0.39, 0.29) is 30.6 Å². The van der Waals surface area contributed by atoms with Gasteiger partial charge in [-0.05, 0) is 37.5 Å². The second-order valence-electron chi connectivity index (χ2n) is 5.51. The summed E-state index contributed by atoms with van der Waals surface area (Å²) in [6, 6.07) is 5.11. The molecule has 0 aliphatic rings. The standard InChI is InChI=1S/C16H23F3N2O2.ClH/c1-4-15(5-2,10-20)14(22)21-11(3)12-7-6-8-13(9-12)23-16(17,18)19;/h6-9,11H,4-5,10,20H2,1-3H3,(H,21,22);1H. The molecule has 1 aromatic rings. The quantitative estimate of drug-likeness (QED) is 0.766. The average molecular weight is 369 g/mol. The highest BCUT2D eigenvalue weighted by Gasteiger charge is 2.34. The number of amides is 1. The molecule has 1 unspecified atom stereocenters. The fraction of sp³-hybridized carbons (Fsp3) is 0.562. The zero-order valence-corrected chi connectivity index (χ0v) is 14.8. The maximum Gasteiger partial charge on any atom is 0.573 e. The second-order valence-corrected chi connectivity index (χ2v) is 5.51. The van der Waals surface area contributed by atoms with Crippen LogP contribution in [0.1, 0.15) is 45.2 Å². The van der Waals surface area contributed by atoms with Crippen molar-refractivity contribution in [1.29, 1.82) is 0 Å². The summed E-state index contributed by atoms with van der Waals surface area (Å²) in [5.41, 5.74) is 5.60. The maximum absolute atomic E-state index is 12.5. The van der Waals surface area contributed by atoms with Crippen LogP contribution in [0, 0.1) is 5.41 Å². The Kier molecular flexibility index (Phi) is 8.57. The molecule has 0 spiro atoms. The molecular formula is C16H24ClF3N2O2. The number of carbonyl (C=O) groups is 1. The van der Waals surface area contributed by atoms with Crippen LogP contribution in [0.3, 0.4) is 0 Å². The number of nitrogens with two attached hydrogens (primary N) is 1.